The average Bonchev–Trinajstić information content (AvgIpc) is 3.25. The van der Waals surface area contributed by atoms with E-state index in [4.69, 9.17) is 4.74 Å². The molecule has 0 spiro atoms. The third kappa shape index (κ3) is 2.61. The van der Waals surface area contributed by atoms with E-state index in [9.17, 15) is 9.18 Å². The number of hydrogen-bond acceptors (Lipinski definition) is 4. The van der Waals surface area contributed by atoms with Crippen LogP contribution in [0.15, 0.2) is 24.3 Å². The molecule has 1 aromatic carbocycles. The molecule has 1 amide bonds. The maximum atomic E-state index is 13.1. The first kappa shape index (κ1) is 14.3. The summed E-state index contributed by atoms with van der Waals surface area (Å²) in [5.41, 5.74) is 0.681. The fourth-order valence-electron chi connectivity index (χ4n) is 2.79. The van der Waals surface area contributed by atoms with Crippen molar-refractivity contribution in [2.75, 3.05) is 13.2 Å². The Bertz CT molecular complexity index is 735. The van der Waals surface area contributed by atoms with Crippen LogP contribution >= 0.6 is 0 Å². The highest BCUT2D eigenvalue weighted by molar-refractivity contribution is 5.91. The van der Waals surface area contributed by atoms with Crippen molar-refractivity contribution in [3.8, 4) is 5.69 Å². The van der Waals surface area contributed by atoms with Crippen LogP contribution in [0.4, 0.5) is 4.39 Å². The lowest BCUT2D eigenvalue weighted by Crippen LogP contribution is -2.53. The van der Waals surface area contributed by atoms with Crippen molar-refractivity contribution >= 4 is 5.91 Å². The smallest absolute Gasteiger partial charge is 0.294 e. The molecule has 0 radical (unpaired) electrons. The zero-order chi connectivity index (χ0) is 16.0. The highest BCUT2D eigenvalue weighted by Crippen LogP contribution is 2.31. The third-order valence-electron chi connectivity index (χ3n) is 4.22. The van der Waals surface area contributed by atoms with Crippen molar-refractivity contribution in [3.05, 3.63) is 41.7 Å². The Morgan fingerprint density at radius 1 is 1.26 bits per heavy atom. The zero-order valence-corrected chi connectivity index (χ0v) is 12.8. The van der Waals surface area contributed by atoms with Gasteiger partial charge in [0.1, 0.15) is 11.6 Å². The lowest BCUT2D eigenvalue weighted by atomic mass is 10.2. The van der Waals surface area contributed by atoms with Crippen LogP contribution < -0.4 is 0 Å². The molecule has 1 saturated heterocycles. The Hall–Kier alpha value is -2.28. The minimum atomic E-state index is -0.312. The topological polar surface area (TPSA) is 60.3 Å². The normalized spacial score (nSPS) is 17.8. The van der Waals surface area contributed by atoms with Crippen LogP contribution in [0.5, 0.6) is 0 Å². The number of carbonyl (C=O) groups is 1. The fourth-order valence-corrected chi connectivity index (χ4v) is 2.79. The summed E-state index contributed by atoms with van der Waals surface area (Å²) in [6.07, 6.45) is 2.06. The standard InChI is InChI=1S/C16H17FN4O2/c1-10-18-15(19-21(10)13-4-2-11(17)3-5-13)16(22)20(12-6-7-12)14-8-23-9-14/h2-5,12,14H,6-9H2,1H3. The zero-order valence-electron chi connectivity index (χ0n) is 12.8. The number of benzene rings is 1. The summed E-state index contributed by atoms with van der Waals surface area (Å²) in [4.78, 5) is 19.0. The first-order chi connectivity index (χ1) is 11.1. The molecule has 2 aliphatic rings. The molecule has 1 aliphatic heterocycles. The van der Waals surface area contributed by atoms with Crippen molar-refractivity contribution in [1.29, 1.82) is 0 Å². The van der Waals surface area contributed by atoms with Gasteiger partial charge in [-0.2, -0.15) is 0 Å². The van der Waals surface area contributed by atoms with Crippen molar-refractivity contribution < 1.29 is 13.9 Å². The monoisotopic (exact) mass is 316 g/mol. The molecule has 4 rings (SSSR count). The van der Waals surface area contributed by atoms with Crippen LogP contribution in [0, 0.1) is 12.7 Å². The van der Waals surface area contributed by atoms with Gasteiger partial charge in [0.15, 0.2) is 0 Å². The molecule has 23 heavy (non-hydrogen) atoms. The average molecular weight is 316 g/mol. The van der Waals surface area contributed by atoms with Gasteiger partial charge >= 0.3 is 0 Å². The molecule has 0 N–H and O–H groups in total. The molecule has 6 nitrogen and oxygen atoms in total. The van der Waals surface area contributed by atoms with Crippen LogP contribution in [-0.4, -0.2) is 50.9 Å². The van der Waals surface area contributed by atoms with Gasteiger partial charge in [0.2, 0.25) is 5.82 Å². The van der Waals surface area contributed by atoms with E-state index in [-0.39, 0.29) is 29.6 Å². The molecule has 2 aromatic rings. The van der Waals surface area contributed by atoms with Gasteiger partial charge in [-0.3, -0.25) is 4.79 Å². The SMILES string of the molecule is Cc1nc(C(=O)N(C2CC2)C2COC2)nn1-c1ccc(F)cc1. The lowest BCUT2D eigenvalue weighted by Gasteiger charge is -2.36. The van der Waals surface area contributed by atoms with Crippen LogP contribution in [-0.2, 0) is 4.74 Å². The van der Waals surface area contributed by atoms with Crippen LogP contribution in [0.3, 0.4) is 0 Å². The minimum absolute atomic E-state index is 0.132. The summed E-state index contributed by atoms with van der Waals surface area (Å²) in [5.74, 6) is 0.323. The van der Waals surface area contributed by atoms with E-state index >= 15 is 0 Å². The summed E-state index contributed by atoms with van der Waals surface area (Å²) in [6.45, 7) is 2.95. The number of nitrogens with zero attached hydrogens (tertiary/aromatic N) is 4. The number of hydrogen-bond donors (Lipinski definition) is 0. The number of rotatable bonds is 4. The van der Waals surface area contributed by atoms with E-state index in [1.807, 2.05) is 4.90 Å². The molecule has 120 valence electrons. The molecule has 1 aromatic heterocycles. The van der Waals surface area contributed by atoms with Gasteiger partial charge < -0.3 is 9.64 Å². The molecule has 0 unspecified atom stereocenters. The second kappa shape index (κ2) is 5.42. The van der Waals surface area contributed by atoms with Gasteiger partial charge in [0.05, 0.1) is 24.9 Å². The van der Waals surface area contributed by atoms with Crippen LogP contribution in [0.2, 0.25) is 0 Å². The molecule has 1 saturated carbocycles. The first-order valence-corrected chi connectivity index (χ1v) is 7.73. The summed E-state index contributed by atoms with van der Waals surface area (Å²) in [7, 11) is 0. The van der Waals surface area contributed by atoms with Gasteiger partial charge in [0.25, 0.3) is 5.91 Å². The van der Waals surface area contributed by atoms with Gasteiger partial charge in [-0.1, -0.05) is 0 Å². The van der Waals surface area contributed by atoms with Gasteiger partial charge in [-0.15, -0.1) is 5.10 Å². The molecule has 1 aliphatic carbocycles. The Morgan fingerprint density at radius 2 is 1.96 bits per heavy atom. The predicted molar refractivity (Wildman–Crippen MR) is 79.9 cm³/mol. The molecule has 2 fully saturated rings. The Labute approximate surface area is 132 Å². The van der Waals surface area contributed by atoms with Gasteiger partial charge in [-0.05, 0) is 44.0 Å². The Kier molecular flexibility index (Phi) is 3.37. The molecular formula is C16H17FN4O2. The van der Waals surface area contributed by atoms with E-state index in [0.717, 1.165) is 12.8 Å². The van der Waals surface area contributed by atoms with Gasteiger partial charge in [-0.25, -0.2) is 14.1 Å². The fraction of sp³-hybridized carbons (Fsp3) is 0.438. The van der Waals surface area contributed by atoms with E-state index in [1.54, 1.807) is 23.7 Å². The minimum Gasteiger partial charge on any atom is -0.377 e. The number of aromatic nitrogens is 3. The maximum Gasteiger partial charge on any atom is 0.294 e. The first-order valence-electron chi connectivity index (χ1n) is 7.73. The van der Waals surface area contributed by atoms with Crippen molar-refractivity contribution in [2.45, 2.75) is 31.8 Å². The quantitative estimate of drug-likeness (QED) is 0.862. The van der Waals surface area contributed by atoms with E-state index < -0.39 is 0 Å². The molecule has 0 bridgehead atoms. The number of halogens is 1. The van der Waals surface area contributed by atoms with Gasteiger partial charge in [0, 0.05) is 6.04 Å². The maximum absolute atomic E-state index is 13.1. The molecular weight excluding hydrogens is 299 g/mol. The number of amides is 1. The van der Waals surface area contributed by atoms with Crippen LogP contribution in [0.25, 0.3) is 5.69 Å². The summed E-state index contributed by atoms with van der Waals surface area (Å²) in [6, 6.07) is 6.37. The Morgan fingerprint density at radius 3 is 2.52 bits per heavy atom. The van der Waals surface area contributed by atoms with E-state index in [1.165, 1.54) is 12.1 Å². The number of ether oxygens (including phenoxy) is 1. The van der Waals surface area contributed by atoms with Crippen molar-refractivity contribution in [1.82, 2.24) is 19.7 Å². The summed E-state index contributed by atoms with van der Waals surface area (Å²) >= 11 is 0. The lowest BCUT2D eigenvalue weighted by molar-refractivity contribution is -0.0569. The van der Waals surface area contributed by atoms with E-state index in [0.29, 0.717) is 24.7 Å². The van der Waals surface area contributed by atoms with E-state index in [2.05, 4.69) is 10.1 Å². The largest absolute Gasteiger partial charge is 0.377 e. The summed E-state index contributed by atoms with van der Waals surface area (Å²) < 4.78 is 19.8. The predicted octanol–water partition coefficient (Wildman–Crippen LogP) is 1.72. The van der Waals surface area contributed by atoms with Crippen molar-refractivity contribution in [3.63, 3.8) is 0 Å². The Balaban J connectivity index is 1.63. The third-order valence-corrected chi connectivity index (χ3v) is 4.22. The highest BCUT2D eigenvalue weighted by Gasteiger charge is 2.42. The molecule has 0 atom stereocenters. The summed E-state index contributed by atoms with van der Waals surface area (Å²) in [5, 5.41) is 4.33. The second-order valence-electron chi connectivity index (χ2n) is 6.01. The highest BCUT2D eigenvalue weighted by atomic mass is 19.1. The van der Waals surface area contributed by atoms with Crippen LogP contribution in [0.1, 0.15) is 29.3 Å². The number of aryl methyl sites for hydroxylation is 1. The molecule has 7 heteroatoms. The molecule has 2 heterocycles. The van der Waals surface area contributed by atoms with Crippen molar-refractivity contribution in [2.24, 2.45) is 0 Å². The second-order valence-corrected chi connectivity index (χ2v) is 6.01. The number of carbonyl (C=O) groups excluding carboxylic acids is 1.